The number of nitro benzene ring substituents is 2. The lowest BCUT2D eigenvalue weighted by atomic mass is 9.79. The number of carbonyl (C=O) groups is 7. The molecule has 13 unspecified atom stereocenters. The minimum atomic E-state index is -3.19. The Kier molecular flexibility index (Phi) is 26.9. The van der Waals surface area contributed by atoms with Crippen molar-refractivity contribution in [3.05, 3.63) is 185 Å². The van der Waals surface area contributed by atoms with E-state index in [1.54, 1.807) is 31.2 Å². The number of benzene rings is 4. The predicted molar refractivity (Wildman–Crippen MR) is 385 cm³/mol. The SMILES string of the molecule is CC(C1=C(O)C2CCCCC2OC1=O)c1cccc(N)c1.CC(C1=C(O)C2CCCCC2OC1=O)c1cccc([N+](=O)[O-])c1.CS(=O)(=O)Cl.Cc1cccc(C(C)C2=C(O)C3CCCCC3OC2=O)c1.O=C1CC(=O)C2CCCCC2O1.O=C1OC2CCCCC2C(=O)C1=Cc1cccc([N+](=O)[O-])c1. The Morgan fingerprint density at radius 1 is 0.481 bits per heavy atom. The topological polar surface area (TPSA) is 373 Å². The van der Waals surface area contributed by atoms with E-state index in [1.165, 1.54) is 36.4 Å². The van der Waals surface area contributed by atoms with Crippen LogP contribution in [0, 0.1) is 56.7 Å². The summed E-state index contributed by atoms with van der Waals surface area (Å²) in [6, 6.07) is 27.5. The van der Waals surface area contributed by atoms with Crippen molar-refractivity contribution in [1.29, 1.82) is 0 Å². The maximum Gasteiger partial charge on any atom is 0.342 e. The number of nitrogens with zero attached hydrogens (tertiary/aromatic N) is 2. The molecule has 13 atom stereocenters. The first-order chi connectivity index (χ1) is 49.5. The molecule has 5 aliphatic heterocycles. The number of carbonyl (C=O) groups excluding carboxylic acids is 7. The van der Waals surface area contributed by atoms with Crippen LogP contribution in [0.25, 0.3) is 6.08 Å². The number of fused-ring (bicyclic) bond motifs is 5. The third-order valence-corrected chi connectivity index (χ3v) is 21.1. The molecule has 2 saturated heterocycles. The second-order valence-electron chi connectivity index (χ2n) is 28.4. The van der Waals surface area contributed by atoms with Crippen LogP contribution in [-0.4, -0.2) is 112 Å². The molecule has 7 fully saturated rings. The van der Waals surface area contributed by atoms with Crippen LogP contribution in [0.4, 0.5) is 17.1 Å². The van der Waals surface area contributed by atoms with Gasteiger partial charge in [-0.15, -0.1) is 0 Å². The van der Waals surface area contributed by atoms with E-state index >= 15 is 0 Å². The number of non-ortho nitro benzene ring substituents is 2. The summed E-state index contributed by atoms with van der Waals surface area (Å²) in [6.45, 7) is 7.66. The van der Waals surface area contributed by atoms with E-state index in [0.29, 0.717) is 28.0 Å². The van der Waals surface area contributed by atoms with Gasteiger partial charge in [-0.25, -0.2) is 27.6 Å². The van der Waals surface area contributed by atoms with Crippen molar-refractivity contribution < 1.29 is 90.8 Å². The second kappa shape index (κ2) is 35.5. The number of anilines is 1. The summed E-state index contributed by atoms with van der Waals surface area (Å²) in [6.07, 6.45) is 20.1. The van der Waals surface area contributed by atoms with Crippen molar-refractivity contribution in [2.24, 2.45) is 29.6 Å². The summed E-state index contributed by atoms with van der Waals surface area (Å²) in [7, 11) is 1.31. The molecular weight excluding hydrogens is 1380 g/mol. The van der Waals surface area contributed by atoms with E-state index in [0.717, 1.165) is 151 Å². The normalized spacial score (nSPS) is 26.8. The average molecular weight is 1480 g/mol. The number of aryl methyl sites for hydroxylation is 1. The van der Waals surface area contributed by atoms with Crippen molar-refractivity contribution in [3.63, 3.8) is 0 Å². The number of halogens is 1. The number of hydrogen-bond donors (Lipinski definition) is 4. The van der Waals surface area contributed by atoms with Crippen LogP contribution in [0.3, 0.4) is 0 Å². The first kappa shape index (κ1) is 78.9. The number of aliphatic hydroxyl groups excluding tert-OH is 3. The van der Waals surface area contributed by atoms with Gasteiger partial charge in [0.15, 0.2) is 11.6 Å². The summed E-state index contributed by atoms with van der Waals surface area (Å²) in [5.74, 6) is -2.93. The molecule has 4 aromatic rings. The van der Waals surface area contributed by atoms with E-state index in [1.807, 2.05) is 57.2 Å². The third kappa shape index (κ3) is 20.0. The quantitative estimate of drug-likeness (QED) is 0.0139. The molecule has 558 valence electrons. The molecule has 0 aromatic heterocycles. The minimum Gasteiger partial charge on any atom is -0.511 e. The Balaban J connectivity index is 0.000000150. The van der Waals surface area contributed by atoms with Gasteiger partial charge >= 0.3 is 29.8 Å². The monoisotopic (exact) mass is 1470 g/mol. The Morgan fingerprint density at radius 3 is 1.26 bits per heavy atom. The molecule has 5 heterocycles. The standard InChI is InChI=1S/C18H22O3.C17H19NO5.C17H21NO3.C16H15NO5.C9H12O3.CH3ClO2S/c1-11-6-5-7-13(10-11)12(2)16-17(19)14-8-3-4-9-15(14)21-18(16)20;1-10(11-5-4-6-12(9-11)18(21)22)15-16(19)13-7-2-3-8-14(13)23-17(15)20;1-10(11-5-4-6-12(18)9-11)15-16(19)13-7-2-3-8-14(13)21-17(15)20;18-15-12-6-1-2-7-14(12)22-16(19)13(15)9-10-4-3-5-11(8-10)17(20)21;10-7-5-9(11)12-8-4-2-1-3-6(7)8;1-5(2,3)4/h5-7,10,12,14-15,19H,3-4,8-9H2,1-2H3;4-6,9-10,13-14,19H,2-3,7-8H2,1H3;4-6,9-10,13-14,19H,2-3,7-8,18H2,1H3;3-5,8-9,12,14H,1-2,6-7H2;6,8H,1-5H2;1H3. The first-order valence-electron chi connectivity index (χ1n) is 35.9. The third-order valence-electron chi connectivity index (χ3n) is 21.1. The molecule has 0 radical (unpaired) electrons. The van der Waals surface area contributed by atoms with Crippen molar-refractivity contribution in [1.82, 2.24) is 0 Å². The van der Waals surface area contributed by atoms with Crippen molar-refractivity contribution in [2.45, 2.75) is 211 Å². The van der Waals surface area contributed by atoms with E-state index in [-0.39, 0.29) is 148 Å². The fourth-order valence-corrected chi connectivity index (χ4v) is 15.7. The Labute approximate surface area is 609 Å². The highest BCUT2D eigenvalue weighted by Crippen LogP contribution is 2.45. The summed E-state index contributed by atoms with van der Waals surface area (Å²) >= 11 is 0. The summed E-state index contributed by atoms with van der Waals surface area (Å²) < 4.78 is 45.9. The molecule has 5 aliphatic carbocycles. The first-order valence-corrected chi connectivity index (χ1v) is 38.6. The van der Waals surface area contributed by atoms with Gasteiger partial charge in [0, 0.05) is 58.4 Å². The zero-order valence-electron chi connectivity index (χ0n) is 59.1. The lowest BCUT2D eigenvalue weighted by molar-refractivity contribution is -0.385. The van der Waals surface area contributed by atoms with E-state index in [9.17, 15) is 77.5 Å². The number of nitrogen functional groups attached to an aromatic ring is 1. The Bertz CT molecular complexity index is 4050. The van der Waals surface area contributed by atoms with Crippen LogP contribution in [0.5, 0.6) is 0 Å². The fraction of sp³-hybridized carbons (Fsp3) is 0.500. The van der Waals surface area contributed by atoms with Crippen LogP contribution in [0.2, 0.25) is 0 Å². The zero-order valence-corrected chi connectivity index (χ0v) is 60.7. The average Bonchev–Trinajstić information content (AvgIpc) is 0.808. The predicted octanol–water partition coefficient (Wildman–Crippen LogP) is 14.9. The van der Waals surface area contributed by atoms with Crippen LogP contribution in [-0.2, 0) is 66.3 Å². The highest BCUT2D eigenvalue weighted by Gasteiger charge is 2.46. The minimum absolute atomic E-state index is 0.00116. The molecule has 0 spiro atoms. The van der Waals surface area contributed by atoms with Crippen molar-refractivity contribution >= 4 is 84.3 Å². The maximum atomic E-state index is 12.5. The number of hydrogen-bond acceptors (Lipinski definition) is 22. The molecule has 4 aromatic carbocycles. The number of rotatable bonds is 9. The summed E-state index contributed by atoms with van der Waals surface area (Å²) in [5.41, 5.74) is 11.6. The number of nitro groups is 2. The van der Waals surface area contributed by atoms with Crippen LogP contribution in [0.1, 0.15) is 201 Å². The smallest absolute Gasteiger partial charge is 0.342 e. The molecular formula is C78H92ClN3O21S. The molecule has 26 heteroatoms. The number of aliphatic hydroxyl groups is 3. The van der Waals surface area contributed by atoms with Crippen LogP contribution >= 0.6 is 10.7 Å². The largest absolute Gasteiger partial charge is 0.511 e. The molecule has 5 saturated carbocycles. The molecule has 104 heavy (non-hydrogen) atoms. The highest BCUT2D eigenvalue weighted by molar-refractivity contribution is 8.13. The zero-order chi connectivity index (χ0) is 75.3. The number of nitrogens with two attached hydrogens (primary N) is 1. The van der Waals surface area contributed by atoms with Gasteiger partial charge in [-0.2, -0.15) is 0 Å². The van der Waals surface area contributed by atoms with Gasteiger partial charge in [-0.05, 0) is 144 Å². The Morgan fingerprint density at radius 2 is 0.827 bits per heavy atom. The number of esters is 5. The number of ketones is 2. The van der Waals surface area contributed by atoms with Gasteiger partial charge in [-0.1, -0.05) is 119 Å². The van der Waals surface area contributed by atoms with E-state index < -0.39 is 36.8 Å². The molecule has 24 nitrogen and oxygen atoms in total. The molecule has 10 aliphatic rings. The van der Waals surface area contributed by atoms with Crippen molar-refractivity contribution in [3.8, 4) is 0 Å². The van der Waals surface area contributed by atoms with Gasteiger partial charge in [0.1, 0.15) is 59.8 Å². The highest BCUT2D eigenvalue weighted by atomic mass is 35.7. The second-order valence-corrected chi connectivity index (χ2v) is 31.4. The fourth-order valence-electron chi connectivity index (χ4n) is 15.7. The number of Topliss-reactive ketones (excluding diaryl/α,β-unsaturated/α-hetero) is 2. The maximum absolute atomic E-state index is 12.5. The molecule has 0 amide bonds. The van der Waals surface area contributed by atoms with E-state index in [2.05, 4.69) is 16.7 Å². The van der Waals surface area contributed by atoms with Crippen LogP contribution < -0.4 is 5.73 Å². The summed E-state index contributed by atoms with van der Waals surface area (Å²) in [5, 5.41) is 53.5. The van der Waals surface area contributed by atoms with Crippen molar-refractivity contribution in [2.75, 3.05) is 12.0 Å². The number of ether oxygens (including phenoxy) is 5. The van der Waals surface area contributed by atoms with Gasteiger partial charge in [0.05, 0.1) is 62.4 Å². The summed E-state index contributed by atoms with van der Waals surface area (Å²) in [4.78, 5) is 104. The van der Waals surface area contributed by atoms with Crippen LogP contribution in [0.15, 0.2) is 137 Å². The molecule has 14 rings (SSSR count). The Hall–Kier alpha value is -9.23. The van der Waals surface area contributed by atoms with E-state index in [4.69, 9.17) is 29.4 Å². The lowest BCUT2D eigenvalue weighted by Gasteiger charge is -2.36. The lowest BCUT2D eigenvalue weighted by Crippen LogP contribution is -2.42. The van der Waals surface area contributed by atoms with Gasteiger partial charge in [0.2, 0.25) is 9.05 Å². The van der Waals surface area contributed by atoms with Gasteiger partial charge in [0.25, 0.3) is 11.4 Å². The molecule has 0 bridgehead atoms. The van der Waals surface area contributed by atoms with Gasteiger partial charge in [-0.3, -0.25) is 34.6 Å². The molecule has 5 N–H and O–H groups in total. The van der Waals surface area contributed by atoms with Gasteiger partial charge < -0.3 is 44.7 Å².